The van der Waals surface area contributed by atoms with Gasteiger partial charge in [0.2, 0.25) is 0 Å². The molecule has 1 saturated heterocycles. The van der Waals surface area contributed by atoms with E-state index in [9.17, 15) is 18.0 Å². The molecule has 0 spiro atoms. The van der Waals surface area contributed by atoms with Crippen LogP contribution in [0.2, 0.25) is 0 Å². The minimum atomic E-state index is -3.14. The maximum absolute atomic E-state index is 12.8. The predicted octanol–water partition coefficient (Wildman–Crippen LogP) is 1.40. The number of aliphatic imine (C=N–C) groups is 1. The molecule has 10 nitrogen and oxygen atoms in total. The third-order valence-corrected chi connectivity index (χ3v) is 6.71. The van der Waals surface area contributed by atoms with Crippen molar-refractivity contribution >= 4 is 27.7 Å². The smallest absolute Gasteiger partial charge is 0.340 e. The minimum absolute atomic E-state index is 0.0553. The van der Waals surface area contributed by atoms with Crippen molar-refractivity contribution in [3.05, 3.63) is 39.3 Å². The maximum atomic E-state index is 12.8. The van der Waals surface area contributed by atoms with Crippen LogP contribution in [-0.4, -0.2) is 63.2 Å². The molecule has 0 saturated carbocycles. The molecule has 1 aromatic heterocycles. The number of esters is 1. The van der Waals surface area contributed by atoms with Crippen molar-refractivity contribution in [2.24, 2.45) is 4.99 Å². The molecule has 162 valence electrons. The van der Waals surface area contributed by atoms with E-state index in [0.717, 1.165) is 0 Å². The highest BCUT2D eigenvalue weighted by Gasteiger charge is 2.31. The molecule has 1 fully saturated rings. The van der Waals surface area contributed by atoms with Gasteiger partial charge in [-0.2, -0.15) is 0 Å². The number of sulfone groups is 1. The third kappa shape index (κ3) is 4.11. The fraction of sp³-hybridized carbons (Fsp3) is 0.421. The second-order valence-corrected chi connectivity index (χ2v) is 9.09. The number of aryl methyl sites for hydroxylation is 1. The monoisotopic (exact) mass is 437 g/mol. The van der Waals surface area contributed by atoms with Gasteiger partial charge < -0.3 is 14.2 Å². The zero-order valence-corrected chi connectivity index (χ0v) is 17.9. The van der Waals surface area contributed by atoms with Crippen LogP contribution >= 0.6 is 0 Å². The topological polar surface area (TPSA) is 129 Å². The summed E-state index contributed by atoms with van der Waals surface area (Å²) in [5.41, 5.74) is 0.799. The average Bonchev–Trinajstić information content (AvgIpc) is 3.23. The highest BCUT2D eigenvalue weighted by Crippen LogP contribution is 2.35. The number of carbonyl (C=O) groups is 1. The zero-order chi connectivity index (χ0) is 22.1. The molecule has 0 aliphatic carbocycles. The number of rotatable bonds is 6. The summed E-state index contributed by atoms with van der Waals surface area (Å²) in [7, 11) is 0.998. The lowest BCUT2D eigenvalue weighted by Gasteiger charge is -2.11. The van der Waals surface area contributed by atoms with Crippen molar-refractivity contribution in [1.29, 1.82) is 0 Å². The van der Waals surface area contributed by atoms with Crippen LogP contribution in [0.5, 0.6) is 11.5 Å². The van der Waals surface area contributed by atoms with Gasteiger partial charge in [0.1, 0.15) is 0 Å². The van der Waals surface area contributed by atoms with E-state index in [4.69, 9.17) is 14.2 Å². The highest BCUT2D eigenvalue weighted by atomic mass is 32.2. The summed E-state index contributed by atoms with van der Waals surface area (Å²) in [5.74, 6) is 0.0457. The van der Waals surface area contributed by atoms with Crippen molar-refractivity contribution < 1.29 is 27.4 Å². The molecule has 1 aromatic carbocycles. The zero-order valence-electron chi connectivity index (χ0n) is 17.1. The van der Waals surface area contributed by atoms with Crippen LogP contribution in [0.3, 0.4) is 0 Å². The number of benzene rings is 1. The Labute approximate surface area is 173 Å². The van der Waals surface area contributed by atoms with E-state index >= 15 is 0 Å². The molecule has 0 bridgehead atoms. The second-order valence-electron chi connectivity index (χ2n) is 6.86. The Morgan fingerprint density at radius 1 is 1.23 bits per heavy atom. The summed E-state index contributed by atoms with van der Waals surface area (Å²) in [6.07, 6.45) is 1.71. The summed E-state index contributed by atoms with van der Waals surface area (Å²) in [4.78, 5) is 29.3. The van der Waals surface area contributed by atoms with Gasteiger partial charge in [-0.3, -0.25) is 14.9 Å². The first-order valence-corrected chi connectivity index (χ1v) is 10.9. The first-order chi connectivity index (χ1) is 14.2. The summed E-state index contributed by atoms with van der Waals surface area (Å²) in [6, 6.07) is 2.52. The molecule has 2 aromatic rings. The van der Waals surface area contributed by atoms with Gasteiger partial charge in [0.05, 0.1) is 55.7 Å². The standard InChI is InChI=1S/C19H23N3O7S/c1-11-14(18(23)22(21-11)12-5-6-30(25,26)10-12)9-20-15-8-17(28-3)16(27-2)7-13(15)19(24)29-4/h7-9,12,21H,5-6,10H2,1-4H3/t12-/m0/s1. The molecule has 0 radical (unpaired) electrons. The van der Waals surface area contributed by atoms with Crippen LogP contribution in [0.25, 0.3) is 0 Å². The number of carbonyl (C=O) groups excluding carboxylic acids is 1. The van der Waals surface area contributed by atoms with Crippen LogP contribution in [0, 0.1) is 6.92 Å². The molecule has 3 rings (SSSR count). The lowest BCUT2D eigenvalue weighted by Crippen LogP contribution is -2.25. The maximum Gasteiger partial charge on any atom is 0.340 e. The first-order valence-electron chi connectivity index (χ1n) is 9.10. The number of H-pyrrole nitrogens is 1. The van der Waals surface area contributed by atoms with E-state index < -0.39 is 21.8 Å². The molecule has 1 aliphatic rings. The summed E-state index contributed by atoms with van der Waals surface area (Å²) in [6.45, 7) is 1.69. The Morgan fingerprint density at radius 3 is 2.47 bits per heavy atom. The Kier molecular flexibility index (Phi) is 6.01. The Morgan fingerprint density at radius 2 is 1.90 bits per heavy atom. The summed E-state index contributed by atoms with van der Waals surface area (Å²) < 4.78 is 40.1. The number of hydrogen-bond acceptors (Lipinski definition) is 8. The Bertz CT molecular complexity index is 1160. The molecule has 11 heteroatoms. The normalized spacial score (nSPS) is 17.9. The fourth-order valence-corrected chi connectivity index (χ4v) is 5.05. The fourth-order valence-electron chi connectivity index (χ4n) is 3.35. The molecular formula is C19H23N3O7S. The SMILES string of the molecule is COC(=O)c1cc(OC)c(OC)cc1N=Cc1c(C)[nH]n([C@H]2CCS(=O)(=O)C2)c1=O. The second kappa shape index (κ2) is 8.34. The molecular weight excluding hydrogens is 414 g/mol. The van der Waals surface area contributed by atoms with Gasteiger partial charge in [0, 0.05) is 24.0 Å². The molecule has 1 atom stereocenters. The number of ether oxygens (including phenoxy) is 3. The van der Waals surface area contributed by atoms with Crippen molar-refractivity contribution in [2.45, 2.75) is 19.4 Å². The van der Waals surface area contributed by atoms with Gasteiger partial charge in [0.15, 0.2) is 21.3 Å². The van der Waals surface area contributed by atoms with Crippen LogP contribution in [0.15, 0.2) is 21.9 Å². The lowest BCUT2D eigenvalue weighted by atomic mass is 10.1. The van der Waals surface area contributed by atoms with Crippen LogP contribution in [-0.2, 0) is 14.6 Å². The van der Waals surface area contributed by atoms with Crippen molar-refractivity contribution in [2.75, 3.05) is 32.8 Å². The number of aromatic nitrogens is 2. The molecule has 2 heterocycles. The quantitative estimate of drug-likeness (QED) is 0.534. The largest absolute Gasteiger partial charge is 0.493 e. The average molecular weight is 437 g/mol. The highest BCUT2D eigenvalue weighted by molar-refractivity contribution is 7.91. The first kappa shape index (κ1) is 21.6. The van der Waals surface area contributed by atoms with Crippen LogP contribution in [0.4, 0.5) is 5.69 Å². The number of nitrogens with zero attached hydrogens (tertiary/aromatic N) is 2. The summed E-state index contributed by atoms with van der Waals surface area (Å²) in [5, 5.41) is 2.93. The Hall–Kier alpha value is -3.08. The van der Waals surface area contributed by atoms with Crippen molar-refractivity contribution in [3.8, 4) is 11.5 Å². The van der Waals surface area contributed by atoms with E-state index in [1.807, 2.05) is 0 Å². The molecule has 0 unspecified atom stereocenters. The molecule has 1 aliphatic heterocycles. The molecule has 1 N–H and O–H groups in total. The van der Waals surface area contributed by atoms with Gasteiger partial charge in [-0.1, -0.05) is 0 Å². The minimum Gasteiger partial charge on any atom is -0.493 e. The van der Waals surface area contributed by atoms with Gasteiger partial charge in [0.25, 0.3) is 5.56 Å². The van der Waals surface area contributed by atoms with E-state index in [1.54, 1.807) is 6.92 Å². The van der Waals surface area contributed by atoms with Crippen LogP contribution < -0.4 is 15.0 Å². The molecule has 0 amide bonds. The van der Waals surface area contributed by atoms with Crippen LogP contribution in [0.1, 0.15) is 34.1 Å². The van der Waals surface area contributed by atoms with E-state index in [-0.39, 0.29) is 33.9 Å². The summed E-state index contributed by atoms with van der Waals surface area (Å²) >= 11 is 0. The van der Waals surface area contributed by atoms with E-state index in [2.05, 4.69) is 10.1 Å². The predicted molar refractivity (Wildman–Crippen MR) is 110 cm³/mol. The molecule has 30 heavy (non-hydrogen) atoms. The van der Waals surface area contributed by atoms with Gasteiger partial charge >= 0.3 is 5.97 Å². The van der Waals surface area contributed by atoms with Crippen molar-refractivity contribution in [3.63, 3.8) is 0 Å². The third-order valence-electron chi connectivity index (χ3n) is 4.95. The number of nitrogens with one attached hydrogen (secondary N) is 1. The number of methoxy groups -OCH3 is 3. The van der Waals surface area contributed by atoms with Gasteiger partial charge in [-0.15, -0.1) is 0 Å². The number of hydrogen-bond donors (Lipinski definition) is 1. The van der Waals surface area contributed by atoms with E-state index in [1.165, 1.54) is 44.4 Å². The lowest BCUT2D eigenvalue weighted by molar-refractivity contribution is 0.0601. The van der Waals surface area contributed by atoms with Gasteiger partial charge in [-0.25, -0.2) is 17.9 Å². The van der Waals surface area contributed by atoms with Crippen molar-refractivity contribution in [1.82, 2.24) is 9.78 Å². The van der Waals surface area contributed by atoms with Gasteiger partial charge in [-0.05, 0) is 13.3 Å². The Balaban J connectivity index is 2.02. The van der Waals surface area contributed by atoms with E-state index in [0.29, 0.717) is 23.6 Å². The number of aromatic amines is 1.